The van der Waals surface area contributed by atoms with Gasteiger partial charge in [0, 0.05) is 6.54 Å². The number of carbonyl (C=O) groups excluding carboxylic acids is 1. The van der Waals surface area contributed by atoms with Crippen molar-refractivity contribution < 1.29 is 18.3 Å². The first-order valence-corrected chi connectivity index (χ1v) is 9.20. The molecule has 0 spiro atoms. The quantitative estimate of drug-likeness (QED) is 0.765. The number of amides is 1. The van der Waals surface area contributed by atoms with E-state index in [1.165, 1.54) is 25.0 Å². The van der Waals surface area contributed by atoms with Gasteiger partial charge in [-0.2, -0.15) is 8.78 Å². The molecule has 1 N–H and O–H groups in total. The Bertz CT molecular complexity index is 717. The second-order valence-electron chi connectivity index (χ2n) is 6.74. The van der Waals surface area contributed by atoms with Gasteiger partial charge in [-0.15, -0.1) is 0 Å². The van der Waals surface area contributed by atoms with Crippen LogP contribution in [0.2, 0.25) is 0 Å². The summed E-state index contributed by atoms with van der Waals surface area (Å²) < 4.78 is 28.8. The molecule has 3 rings (SSSR count). The molecule has 1 saturated heterocycles. The van der Waals surface area contributed by atoms with Gasteiger partial charge in [-0.1, -0.05) is 42.5 Å². The van der Waals surface area contributed by atoms with E-state index in [4.69, 9.17) is 0 Å². The average Bonchev–Trinajstić information content (AvgIpc) is 3.16. The predicted octanol–water partition coefficient (Wildman–Crippen LogP) is 3.78. The van der Waals surface area contributed by atoms with Crippen LogP contribution >= 0.6 is 0 Å². The molecule has 4 nitrogen and oxygen atoms in total. The molecule has 0 bridgehead atoms. The summed E-state index contributed by atoms with van der Waals surface area (Å²) in [5.41, 5.74) is 1.83. The van der Waals surface area contributed by atoms with Crippen LogP contribution in [0.25, 0.3) is 0 Å². The lowest BCUT2D eigenvalue weighted by Gasteiger charge is -2.25. The molecule has 144 valence electrons. The van der Waals surface area contributed by atoms with Gasteiger partial charge in [-0.25, -0.2) is 0 Å². The summed E-state index contributed by atoms with van der Waals surface area (Å²) in [6.45, 7) is 0.0587. The minimum absolute atomic E-state index is 0.0711. The van der Waals surface area contributed by atoms with E-state index in [9.17, 15) is 13.6 Å². The van der Waals surface area contributed by atoms with Gasteiger partial charge in [0.2, 0.25) is 5.91 Å². The van der Waals surface area contributed by atoms with E-state index in [-0.39, 0.29) is 24.1 Å². The predicted molar refractivity (Wildman–Crippen MR) is 99.8 cm³/mol. The fourth-order valence-electron chi connectivity index (χ4n) is 3.36. The molecule has 27 heavy (non-hydrogen) atoms. The fraction of sp³-hybridized carbons (Fsp3) is 0.381. The zero-order valence-corrected chi connectivity index (χ0v) is 15.1. The van der Waals surface area contributed by atoms with E-state index in [0.29, 0.717) is 0 Å². The third-order valence-corrected chi connectivity index (χ3v) is 4.69. The van der Waals surface area contributed by atoms with Crippen LogP contribution in [0.1, 0.15) is 30.0 Å². The highest BCUT2D eigenvalue weighted by Crippen LogP contribution is 2.19. The van der Waals surface area contributed by atoms with Crippen LogP contribution in [0.5, 0.6) is 5.75 Å². The Morgan fingerprint density at radius 2 is 1.70 bits per heavy atom. The normalized spacial score (nSPS) is 15.7. The molecule has 2 aromatic carbocycles. The molecule has 1 amide bonds. The first-order chi connectivity index (χ1) is 13.1. The number of nitrogens with one attached hydrogen (secondary N) is 1. The third-order valence-electron chi connectivity index (χ3n) is 4.69. The molecule has 6 heteroatoms. The highest BCUT2D eigenvalue weighted by molar-refractivity contribution is 5.79. The molecule has 1 aliphatic heterocycles. The van der Waals surface area contributed by atoms with Crippen LogP contribution in [-0.4, -0.2) is 37.1 Å². The van der Waals surface area contributed by atoms with Gasteiger partial charge in [-0.3, -0.25) is 4.79 Å². The second kappa shape index (κ2) is 9.46. The second-order valence-corrected chi connectivity index (χ2v) is 6.74. The molecular formula is C21H24F2N2O2. The van der Waals surface area contributed by atoms with Crippen LogP contribution in [-0.2, 0) is 11.2 Å². The number of ether oxygens (including phenoxy) is 1. The average molecular weight is 374 g/mol. The van der Waals surface area contributed by atoms with E-state index in [1.807, 2.05) is 30.3 Å². The number of nitrogens with zero attached hydrogens (tertiary/aromatic N) is 1. The zero-order chi connectivity index (χ0) is 19.1. The zero-order valence-electron chi connectivity index (χ0n) is 15.1. The summed E-state index contributed by atoms with van der Waals surface area (Å²) in [5, 5.41) is 3.12. The maximum Gasteiger partial charge on any atom is 0.387 e. The monoisotopic (exact) mass is 374 g/mol. The summed E-state index contributed by atoms with van der Waals surface area (Å²) in [7, 11) is 0. The summed E-state index contributed by atoms with van der Waals surface area (Å²) in [6, 6.07) is 16.1. The van der Waals surface area contributed by atoms with Crippen molar-refractivity contribution >= 4 is 5.91 Å². The fourth-order valence-corrected chi connectivity index (χ4v) is 3.36. The molecule has 1 unspecified atom stereocenters. The smallest absolute Gasteiger partial charge is 0.387 e. The van der Waals surface area contributed by atoms with Crippen LogP contribution in [0.4, 0.5) is 8.78 Å². The largest absolute Gasteiger partial charge is 0.435 e. The first kappa shape index (κ1) is 19.3. The molecule has 2 aromatic rings. The van der Waals surface area contributed by atoms with Gasteiger partial charge in [0.1, 0.15) is 5.75 Å². The maximum atomic E-state index is 12.6. The number of halogens is 2. The Morgan fingerprint density at radius 1 is 1.04 bits per heavy atom. The Hall–Kier alpha value is -2.47. The number of benzene rings is 2. The Kier molecular flexibility index (Phi) is 6.76. The molecule has 0 saturated carbocycles. The number of hydrogen-bond donors (Lipinski definition) is 1. The van der Waals surface area contributed by atoms with Gasteiger partial charge < -0.3 is 15.0 Å². The van der Waals surface area contributed by atoms with Crippen LogP contribution in [0.15, 0.2) is 54.6 Å². The van der Waals surface area contributed by atoms with Crippen molar-refractivity contribution in [2.45, 2.75) is 31.9 Å². The number of carbonyl (C=O) groups is 1. The summed E-state index contributed by atoms with van der Waals surface area (Å²) >= 11 is 0. The van der Waals surface area contributed by atoms with E-state index in [2.05, 4.69) is 15.0 Å². The lowest BCUT2D eigenvalue weighted by atomic mass is 10.1. The third kappa shape index (κ3) is 6.03. The van der Waals surface area contributed by atoms with Crippen molar-refractivity contribution in [1.82, 2.24) is 10.2 Å². The lowest BCUT2D eigenvalue weighted by molar-refractivity contribution is -0.121. The highest BCUT2D eigenvalue weighted by Gasteiger charge is 2.20. The van der Waals surface area contributed by atoms with Gasteiger partial charge in [-0.05, 0) is 49.2 Å². The van der Waals surface area contributed by atoms with Gasteiger partial charge in [0.25, 0.3) is 0 Å². The molecule has 0 radical (unpaired) electrons. The van der Waals surface area contributed by atoms with Crippen molar-refractivity contribution in [3.8, 4) is 5.75 Å². The number of likely N-dealkylation sites (tertiary alicyclic amines) is 1. The molecule has 1 atom stereocenters. The summed E-state index contributed by atoms with van der Waals surface area (Å²) in [6.07, 6.45) is 2.59. The van der Waals surface area contributed by atoms with Crippen molar-refractivity contribution in [1.29, 1.82) is 0 Å². The van der Waals surface area contributed by atoms with Crippen molar-refractivity contribution in [2.24, 2.45) is 0 Å². The Labute approximate surface area is 158 Å². The van der Waals surface area contributed by atoms with Crippen molar-refractivity contribution in [3.05, 3.63) is 65.7 Å². The minimum Gasteiger partial charge on any atom is -0.435 e. The Balaban J connectivity index is 1.61. The van der Waals surface area contributed by atoms with E-state index < -0.39 is 6.61 Å². The molecule has 0 aliphatic carbocycles. The van der Waals surface area contributed by atoms with E-state index in [1.54, 1.807) is 12.1 Å². The van der Waals surface area contributed by atoms with Gasteiger partial charge in [0.15, 0.2) is 0 Å². The summed E-state index contributed by atoms with van der Waals surface area (Å²) in [5.74, 6) is -0.00377. The van der Waals surface area contributed by atoms with E-state index >= 15 is 0 Å². The molecule has 1 aliphatic rings. The number of rotatable bonds is 8. The lowest BCUT2D eigenvalue weighted by Crippen LogP contribution is -2.37. The Morgan fingerprint density at radius 3 is 2.33 bits per heavy atom. The molecule has 1 heterocycles. The number of hydrogen-bond acceptors (Lipinski definition) is 3. The van der Waals surface area contributed by atoms with Crippen LogP contribution < -0.4 is 10.1 Å². The van der Waals surface area contributed by atoms with Crippen molar-refractivity contribution in [3.63, 3.8) is 0 Å². The highest BCUT2D eigenvalue weighted by atomic mass is 19.3. The number of alkyl halides is 2. The summed E-state index contributed by atoms with van der Waals surface area (Å²) in [4.78, 5) is 14.9. The SMILES string of the molecule is O=C(Cc1ccc(OC(F)F)cc1)NC(CN1CCCC1)c1ccccc1. The molecule has 0 aromatic heterocycles. The minimum atomic E-state index is -2.85. The van der Waals surface area contributed by atoms with Gasteiger partial charge >= 0.3 is 6.61 Å². The first-order valence-electron chi connectivity index (χ1n) is 9.20. The molecular weight excluding hydrogens is 350 g/mol. The van der Waals surface area contributed by atoms with Crippen LogP contribution in [0.3, 0.4) is 0 Å². The van der Waals surface area contributed by atoms with Crippen LogP contribution in [0, 0.1) is 0 Å². The molecule has 1 fully saturated rings. The van der Waals surface area contributed by atoms with Crippen molar-refractivity contribution in [2.75, 3.05) is 19.6 Å². The maximum absolute atomic E-state index is 12.6. The van der Waals surface area contributed by atoms with Gasteiger partial charge in [0.05, 0.1) is 12.5 Å². The topological polar surface area (TPSA) is 41.6 Å². The van der Waals surface area contributed by atoms with E-state index in [0.717, 1.165) is 30.8 Å². The standard InChI is InChI=1S/C21H24F2N2O2/c22-21(23)27-18-10-8-16(9-11-18)14-20(26)24-19(15-25-12-4-5-13-25)17-6-2-1-3-7-17/h1-3,6-11,19,21H,4-5,12-15H2,(H,24,26).